The first-order chi connectivity index (χ1) is 9.77. The molecule has 1 fully saturated rings. The normalized spacial score (nSPS) is 20.0. The third-order valence-electron chi connectivity index (χ3n) is 3.21. The number of carbonyl (C=O) groups excluding carboxylic acids is 2. The second-order valence-electron chi connectivity index (χ2n) is 4.99. The van der Waals surface area contributed by atoms with Gasteiger partial charge in [-0.15, -0.1) is 0 Å². The van der Waals surface area contributed by atoms with Crippen LogP contribution in [0.1, 0.15) is 12.0 Å². The molecule has 1 heterocycles. The zero-order valence-corrected chi connectivity index (χ0v) is 13.8. The Bertz CT molecular complexity index is 687. The van der Waals surface area contributed by atoms with Gasteiger partial charge in [0.1, 0.15) is 0 Å². The van der Waals surface area contributed by atoms with Crippen LogP contribution in [-0.2, 0) is 19.4 Å². The van der Waals surface area contributed by atoms with E-state index in [2.05, 4.69) is 26.6 Å². The summed E-state index contributed by atoms with van der Waals surface area (Å²) in [6, 6.07) is 4.77. The Labute approximate surface area is 131 Å². The van der Waals surface area contributed by atoms with Crippen LogP contribution in [0.15, 0.2) is 22.7 Å². The van der Waals surface area contributed by atoms with E-state index in [0.717, 1.165) is 10.0 Å². The van der Waals surface area contributed by atoms with Gasteiger partial charge in [0.25, 0.3) is 0 Å². The number of hydrogen-bond donors (Lipinski definition) is 2. The number of hydrogen-bond acceptors (Lipinski definition) is 4. The van der Waals surface area contributed by atoms with Crippen molar-refractivity contribution in [3.05, 3.63) is 28.2 Å². The van der Waals surface area contributed by atoms with E-state index in [0.29, 0.717) is 12.1 Å². The van der Waals surface area contributed by atoms with Crippen LogP contribution in [0.25, 0.3) is 0 Å². The van der Waals surface area contributed by atoms with Crippen LogP contribution >= 0.6 is 15.9 Å². The zero-order valence-electron chi connectivity index (χ0n) is 11.3. The van der Waals surface area contributed by atoms with Crippen molar-refractivity contribution < 1.29 is 18.0 Å². The molecule has 2 rings (SSSR count). The quantitative estimate of drug-likeness (QED) is 0.755. The first-order valence-corrected chi connectivity index (χ1v) is 8.97. The van der Waals surface area contributed by atoms with Gasteiger partial charge in [0.15, 0.2) is 9.84 Å². The van der Waals surface area contributed by atoms with Crippen LogP contribution in [0.5, 0.6) is 0 Å². The third-order valence-corrected chi connectivity index (χ3v) is 5.47. The monoisotopic (exact) mass is 374 g/mol. The lowest BCUT2D eigenvalue weighted by molar-refractivity contribution is -0.136. The highest BCUT2D eigenvalue weighted by molar-refractivity contribution is 9.10. The van der Waals surface area contributed by atoms with Crippen LogP contribution in [0.3, 0.4) is 0 Å². The SMILES string of the molecule is Cc1cc(Br)ccc1NC(=O)C(=O)NC1CCS(=O)(=O)C1. The molecule has 0 radical (unpaired) electrons. The molecule has 1 aliphatic heterocycles. The predicted octanol–water partition coefficient (Wildman–Crippen LogP) is 0.999. The Kier molecular flexibility index (Phi) is 4.67. The van der Waals surface area contributed by atoms with Crippen molar-refractivity contribution in [1.82, 2.24) is 5.32 Å². The molecular formula is C13H15BrN2O4S. The van der Waals surface area contributed by atoms with Gasteiger partial charge in [0.2, 0.25) is 0 Å². The van der Waals surface area contributed by atoms with Gasteiger partial charge in [-0.25, -0.2) is 8.42 Å². The van der Waals surface area contributed by atoms with Crippen molar-refractivity contribution in [2.45, 2.75) is 19.4 Å². The van der Waals surface area contributed by atoms with E-state index < -0.39 is 27.7 Å². The molecule has 8 heteroatoms. The Balaban J connectivity index is 1.95. The van der Waals surface area contributed by atoms with Gasteiger partial charge in [0, 0.05) is 16.2 Å². The molecule has 0 aromatic heterocycles. The Morgan fingerprint density at radius 3 is 2.57 bits per heavy atom. The molecule has 21 heavy (non-hydrogen) atoms. The van der Waals surface area contributed by atoms with Gasteiger partial charge < -0.3 is 10.6 Å². The Morgan fingerprint density at radius 1 is 1.29 bits per heavy atom. The minimum absolute atomic E-state index is 0.0470. The third kappa shape index (κ3) is 4.28. The van der Waals surface area contributed by atoms with E-state index in [4.69, 9.17) is 0 Å². The molecule has 0 aliphatic carbocycles. The molecule has 1 saturated heterocycles. The summed E-state index contributed by atoms with van der Waals surface area (Å²) >= 11 is 3.31. The first-order valence-electron chi connectivity index (χ1n) is 6.35. The van der Waals surface area contributed by atoms with Crippen molar-refractivity contribution in [3.63, 3.8) is 0 Å². The van der Waals surface area contributed by atoms with Crippen LogP contribution in [0.4, 0.5) is 5.69 Å². The van der Waals surface area contributed by atoms with Crippen molar-refractivity contribution in [3.8, 4) is 0 Å². The number of rotatable bonds is 2. The van der Waals surface area contributed by atoms with E-state index >= 15 is 0 Å². The van der Waals surface area contributed by atoms with E-state index in [1.807, 2.05) is 13.0 Å². The van der Waals surface area contributed by atoms with E-state index in [-0.39, 0.29) is 11.5 Å². The summed E-state index contributed by atoms with van der Waals surface area (Å²) in [7, 11) is -3.09. The Morgan fingerprint density at radius 2 is 2.00 bits per heavy atom. The van der Waals surface area contributed by atoms with Gasteiger partial charge in [-0.3, -0.25) is 9.59 Å². The number of anilines is 1. The second kappa shape index (κ2) is 6.15. The lowest BCUT2D eigenvalue weighted by atomic mass is 10.2. The van der Waals surface area contributed by atoms with Crippen molar-refractivity contribution in [2.24, 2.45) is 0 Å². The molecule has 1 aromatic rings. The van der Waals surface area contributed by atoms with Crippen molar-refractivity contribution in [2.75, 3.05) is 16.8 Å². The Hall–Kier alpha value is -1.41. The van der Waals surface area contributed by atoms with Crippen LogP contribution < -0.4 is 10.6 Å². The van der Waals surface area contributed by atoms with Crippen molar-refractivity contribution >= 4 is 43.3 Å². The second-order valence-corrected chi connectivity index (χ2v) is 8.13. The summed E-state index contributed by atoms with van der Waals surface area (Å²) < 4.78 is 23.5. The number of aryl methyl sites for hydroxylation is 1. The standard InChI is InChI=1S/C13H15BrN2O4S/c1-8-6-9(14)2-3-11(8)16-13(18)12(17)15-10-4-5-21(19,20)7-10/h2-3,6,10H,4-5,7H2,1H3,(H,15,17)(H,16,18). The average Bonchev–Trinajstić information content (AvgIpc) is 2.72. The summed E-state index contributed by atoms with van der Waals surface area (Å²) in [5.41, 5.74) is 1.35. The lowest BCUT2D eigenvalue weighted by Gasteiger charge is -2.12. The van der Waals surface area contributed by atoms with Crippen LogP contribution in [-0.4, -0.2) is 37.8 Å². The molecule has 1 atom stereocenters. The molecule has 2 N–H and O–H groups in total. The minimum Gasteiger partial charge on any atom is -0.344 e. The minimum atomic E-state index is -3.09. The lowest BCUT2D eigenvalue weighted by Crippen LogP contribution is -2.42. The summed E-state index contributed by atoms with van der Waals surface area (Å²) in [5.74, 6) is -1.68. The van der Waals surface area contributed by atoms with Gasteiger partial charge >= 0.3 is 11.8 Å². The molecule has 1 aromatic carbocycles. The number of nitrogens with one attached hydrogen (secondary N) is 2. The smallest absolute Gasteiger partial charge is 0.313 e. The first kappa shape index (κ1) is 16.0. The van der Waals surface area contributed by atoms with Crippen LogP contribution in [0, 0.1) is 6.92 Å². The molecule has 1 aliphatic rings. The van der Waals surface area contributed by atoms with E-state index in [1.54, 1.807) is 12.1 Å². The zero-order chi connectivity index (χ0) is 15.6. The number of amides is 2. The maximum absolute atomic E-state index is 11.8. The molecule has 0 spiro atoms. The fourth-order valence-corrected chi connectivity index (χ4v) is 4.26. The summed E-state index contributed by atoms with van der Waals surface area (Å²) in [4.78, 5) is 23.6. The summed E-state index contributed by atoms with van der Waals surface area (Å²) in [5, 5.41) is 4.96. The molecular weight excluding hydrogens is 360 g/mol. The molecule has 0 saturated carbocycles. The average molecular weight is 375 g/mol. The van der Waals surface area contributed by atoms with Gasteiger partial charge in [-0.05, 0) is 37.1 Å². The molecule has 6 nitrogen and oxygen atoms in total. The molecule has 114 valence electrons. The van der Waals surface area contributed by atoms with Gasteiger partial charge in [-0.1, -0.05) is 15.9 Å². The fourth-order valence-electron chi connectivity index (χ4n) is 2.11. The molecule has 2 amide bonds. The van der Waals surface area contributed by atoms with Crippen LogP contribution in [0.2, 0.25) is 0 Å². The topological polar surface area (TPSA) is 92.3 Å². The number of sulfone groups is 1. The van der Waals surface area contributed by atoms with Gasteiger partial charge in [0.05, 0.1) is 11.5 Å². The van der Waals surface area contributed by atoms with Gasteiger partial charge in [-0.2, -0.15) is 0 Å². The maximum atomic E-state index is 11.8. The maximum Gasteiger partial charge on any atom is 0.313 e. The highest BCUT2D eigenvalue weighted by atomic mass is 79.9. The highest BCUT2D eigenvalue weighted by Gasteiger charge is 2.30. The summed E-state index contributed by atoms with van der Waals surface area (Å²) in [6.07, 6.45) is 0.346. The number of halogens is 1. The van der Waals surface area contributed by atoms with E-state index in [1.165, 1.54) is 0 Å². The number of benzene rings is 1. The summed E-state index contributed by atoms with van der Waals surface area (Å²) in [6.45, 7) is 1.81. The van der Waals surface area contributed by atoms with E-state index in [9.17, 15) is 18.0 Å². The van der Waals surface area contributed by atoms with Crippen molar-refractivity contribution in [1.29, 1.82) is 0 Å². The largest absolute Gasteiger partial charge is 0.344 e. The predicted molar refractivity (Wildman–Crippen MR) is 82.7 cm³/mol. The fraction of sp³-hybridized carbons (Fsp3) is 0.385. The molecule has 1 unspecified atom stereocenters. The highest BCUT2D eigenvalue weighted by Crippen LogP contribution is 2.20. The number of carbonyl (C=O) groups is 2. The molecule has 0 bridgehead atoms.